The van der Waals surface area contributed by atoms with Crippen LogP contribution in [-0.4, -0.2) is 15.9 Å². The summed E-state index contributed by atoms with van der Waals surface area (Å²) in [4.78, 5) is 0.968. The Bertz CT molecular complexity index is 277. The van der Waals surface area contributed by atoms with Gasteiger partial charge in [-0.25, -0.2) is 0 Å². The Hall–Kier alpha value is -0.510. The van der Waals surface area contributed by atoms with Gasteiger partial charge in [-0.05, 0) is 6.07 Å². The van der Waals surface area contributed by atoms with Gasteiger partial charge in [0.1, 0.15) is 0 Å². The van der Waals surface area contributed by atoms with Gasteiger partial charge < -0.3 is 4.55 Å². The summed E-state index contributed by atoms with van der Waals surface area (Å²) >= 11 is -0.909. The number of hydrogen-bond donors (Lipinski definition) is 0. The molecule has 0 bridgehead atoms. The van der Waals surface area contributed by atoms with Crippen LogP contribution in [0.2, 0.25) is 0 Å². The summed E-state index contributed by atoms with van der Waals surface area (Å²) in [6, 6.07) is 7.86. The van der Waals surface area contributed by atoms with Crippen LogP contribution in [0.4, 0.5) is 0 Å². The van der Waals surface area contributed by atoms with Crippen LogP contribution in [0, 0.1) is 0 Å². The highest BCUT2D eigenvalue weighted by molar-refractivity contribution is 7.89. The molecule has 1 aliphatic heterocycles. The highest BCUT2D eigenvalue weighted by atomic mass is 32.2. The Labute approximate surface area is 69.1 Å². The van der Waals surface area contributed by atoms with Crippen LogP contribution in [0.25, 0.3) is 0 Å². The third-order valence-corrected chi connectivity index (χ3v) is 3.31. The van der Waals surface area contributed by atoms with Gasteiger partial charge in [0.15, 0.2) is 4.90 Å². The summed E-state index contributed by atoms with van der Waals surface area (Å²) in [6.45, 7) is 0.808. The highest BCUT2D eigenvalue weighted by Crippen LogP contribution is 2.27. The van der Waals surface area contributed by atoms with Crippen LogP contribution in [0.3, 0.4) is 0 Å². The molecule has 0 radical (unpaired) electrons. The number of nitrogens with zero attached hydrogens (tertiary/aromatic N) is 1. The molecule has 1 unspecified atom stereocenters. The molecule has 1 aromatic rings. The average molecular weight is 167 g/mol. The molecule has 2 nitrogen and oxygen atoms in total. The molecular formula is C8H9NOS. The van der Waals surface area contributed by atoms with E-state index in [0.29, 0.717) is 0 Å². The Morgan fingerprint density at radius 2 is 2.18 bits per heavy atom. The van der Waals surface area contributed by atoms with Crippen molar-refractivity contribution in [3.8, 4) is 0 Å². The average Bonchev–Trinajstić information content (AvgIpc) is 2.30. The zero-order valence-electron chi connectivity index (χ0n) is 6.28. The summed E-state index contributed by atoms with van der Waals surface area (Å²) in [5.41, 5.74) is 1.19. The lowest BCUT2D eigenvalue weighted by Gasteiger charge is -2.09. The van der Waals surface area contributed by atoms with Crippen LogP contribution in [0.1, 0.15) is 5.56 Å². The van der Waals surface area contributed by atoms with E-state index in [4.69, 9.17) is 0 Å². The molecular weight excluding hydrogens is 158 g/mol. The standard InChI is InChI=1S/C8H9NOS/c1-9-6-7-4-2-3-5-8(7)11(9)10/h2-5H,6H2,1H3. The normalized spacial score (nSPS) is 23.6. The Balaban J connectivity index is 2.47. The largest absolute Gasteiger partial charge is 0.593 e. The number of benzene rings is 1. The lowest BCUT2D eigenvalue weighted by atomic mass is 10.2. The van der Waals surface area contributed by atoms with Crippen LogP contribution in [0.15, 0.2) is 29.2 Å². The van der Waals surface area contributed by atoms with Crippen molar-refractivity contribution in [2.24, 2.45) is 0 Å². The van der Waals surface area contributed by atoms with Crippen LogP contribution in [-0.2, 0) is 17.9 Å². The van der Waals surface area contributed by atoms with E-state index in [2.05, 4.69) is 0 Å². The Kier molecular flexibility index (Phi) is 1.64. The van der Waals surface area contributed by atoms with Crippen LogP contribution >= 0.6 is 0 Å². The van der Waals surface area contributed by atoms with Crippen molar-refractivity contribution in [1.29, 1.82) is 0 Å². The van der Waals surface area contributed by atoms with Gasteiger partial charge in [0.25, 0.3) is 0 Å². The lowest BCUT2D eigenvalue weighted by Crippen LogP contribution is -2.18. The first-order valence-corrected chi connectivity index (χ1v) is 4.60. The van der Waals surface area contributed by atoms with Crippen molar-refractivity contribution in [2.75, 3.05) is 7.05 Å². The zero-order valence-corrected chi connectivity index (χ0v) is 7.10. The molecule has 0 saturated carbocycles. The highest BCUT2D eigenvalue weighted by Gasteiger charge is 2.29. The van der Waals surface area contributed by atoms with Crippen LogP contribution in [0.5, 0.6) is 0 Å². The minimum Gasteiger partial charge on any atom is -0.593 e. The Morgan fingerprint density at radius 1 is 1.45 bits per heavy atom. The van der Waals surface area contributed by atoms with Gasteiger partial charge in [0.2, 0.25) is 0 Å². The first-order valence-electron chi connectivity index (χ1n) is 3.50. The molecule has 0 fully saturated rings. The molecule has 58 valence electrons. The molecule has 1 atom stereocenters. The smallest absolute Gasteiger partial charge is 0.178 e. The van der Waals surface area contributed by atoms with Crippen LogP contribution < -0.4 is 0 Å². The maximum Gasteiger partial charge on any atom is 0.178 e. The summed E-state index contributed by atoms with van der Waals surface area (Å²) in [5, 5.41) is 0. The predicted molar refractivity (Wildman–Crippen MR) is 44.3 cm³/mol. The first kappa shape index (κ1) is 7.16. The van der Waals surface area contributed by atoms with Gasteiger partial charge in [-0.15, -0.1) is 4.31 Å². The molecule has 2 rings (SSSR count). The van der Waals surface area contributed by atoms with E-state index in [0.717, 1.165) is 11.4 Å². The molecule has 1 aliphatic rings. The summed E-state index contributed by atoms with van der Waals surface area (Å²) < 4.78 is 13.3. The first-order chi connectivity index (χ1) is 5.29. The quantitative estimate of drug-likeness (QED) is 0.542. The van der Waals surface area contributed by atoms with Gasteiger partial charge >= 0.3 is 0 Å². The second-order valence-corrected chi connectivity index (χ2v) is 4.20. The molecule has 1 heterocycles. The van der Waals surface area contributed by atoms with Crippen molar-refractivity contribution < 1.29 is 4.55 Å². The fourth-order valence-corrected chi connectivity index (χ4v) is 2.42. The molecule has 0 aromatic heterocycles. The molecule has 3 heteroatoms. The molecule has 1 aromatic carbocycles. The topological polar surface area (TPSA) is 26.3 Å². The minimum atomic E-state index is -0.909. The third-order valence-electron chi connectivity index (χ3n) is 1.84. The van der Waals surface area contributed by atoms with E-state index in [-0.39, 0.29) is 0 Å². The van der Waals surface area contributed by atoms with Gasteiger partial charge in [-0.1, -0.05) is 18.2 Å². The number of fused-ring (bicyclic) bond motifs is 1. The monoisotopic (exact) mass is 167 g/mol. The molecule has 0 saturated heterocycles. The fraction of sp³-hybridized carbons (Fsp3) is 0.250. The zero-order chi connectivity index (χ0) is 7.84. The predicted octanol–water partition coefficient (Wildman–Crippen LogP) is 1.15. The van der Waals surface area contributed by atoms with Crippen molar-refractivity contribution in [2.45, 2.75) is 11.4 Å². The third kappa shape index (κ3) is 1.05. The van der Waals surface area contributed by atoms with Gasteiger partial charge in [-0.3, -0.25) is 0 Å². The van der Waals surface area contributed by atoms with Gasteiger partial charge in [0, 0.05) is 12.6 Å². The SMILES string of the molecule is CN1Cc2ccccc2[S+]1[O-]. The van der Waals surface area contributed by atoms with E-state index in [9.17, 15) is 4.55 Å². The molecule has 0 N–H and O–H groups in total. The van der Waals surface area contributed by atoms with E-state index in [1.165, 1.54) is 5.56 Å². The second-order valence-electron chi connectivity index (χ2n) is 2.64. The maximum atomic E-state index is 11.4. The molecule has 11 heavy (non-hydrogen) atoms. The molecule has 0 spiro atoms. The number of hydrogen-bond acceptors (Lipinski definition) is 2. The van der Waals surface area contributed by atoms with Crippen molar-refractivity contribution in [3.05, 3.63) is 29.8 Å². The van der Waals surface area contributed by atoms with Gasteiger partial charge in [-0.2, -0.15) is 0 Å². The summed E-state index contributed by atoms with van der Waals surface area (Å²) in [6.07, 6.45) is 0. The Morgan fingerprint density at radius 3 is 2.91 bits per heavy atom. The maximum absolute atomic E-state index is 11.4. The van der Waals surface area contributed by atoms with E-state index in [1.54, 1.807) is 0 Å². The molecule has 0 amide bonds. The minimum absolute atomic E-state index is 0.808. The van der Waals surface area contributed by atoms with Crippen molar-refractivity contribution >= 4 is 11.4 Å². The number of rotatable bonds is 0. The van der Waals surface area contributed by atoms with E-state index >= 15 is 0 Å². The van der Waals surface area contributed by atoms with Crippen molar-refractivity contribution in [1.82, 2.24) is 4.31 Å². The summed E-state index contributed by atoms with van der Waals surface area (Å²) in [7, 11) is 1.87. The summed E-state index contributed by atoms with van der Waals surface area (Å²) in [5.74, 6) is 0. The fourth-order valence-electron chi connectivity index (χ4n) is 1.27. The molecule has 0 aliphatic carbocycles. The second kappa shape index (κ2) is 2.52. The van der Waals surface area contributed by atoms with E-state index in [1.807, 2.05) is 35.6 Å². The van der Waals surface area contributed by atoms with Gasteiger partial charge in [0.05, 0.1) is 17.9 Å². The van der Waals surface area contributed by atoms with Crippen molar-refractivity contribution in [3.63, 3.8) is 0 Å². The lowest BCUT2D eigenvalue weighted by molar-refractivity contribution is 0.488. The van der Waals surface area contributed by atoms with E-state index < -0.39 is 11.4 Å².